The van der Waals surface area contributed by atoms with E-state index in [2.05, 4.69) is 15.2 Å². The molecule has 1 rings (SSSR count). The van der Waals surface area contributed by atoms with Gasteiger partial charge in [0.15, 0.2) is 11.0 Å². The van der Waals surface area contributed by atoms with Crippen LogP contribution < -0.4 is 0 Å². The SMILES string of the molecule is FC(F)(F)/C(Cl)=N/c1ccc(Cl)nn1. The predicted octanol–water partition coefficient (Wildman–Crippen LogP) is 2.96. The van der Waals surface area contributed by atoms with E-state index in [0.717, 1.165) is 0 Å². The van der Waals surface area contributed by atoms with Crippen molar-refractivity contribution in [2.24, 2.45) is 4.99 Å². The smallest absolute Gasteiger partial charge is 0.210 e. The molecule has 0 saturated heterocycles. The molecule has 14 heavy (non-hydrogen) atoms. The Bertz CT molecular complexity index is 346. The van der Waals surface area contributed by atoms with Crippen LogP contribution in [0.2, 0.25) is 5.15 Å². The Morgan fingerprint density at radius 1 is 1.29 bits per heavy atom. The number of rotatable bonds is 1. The van der Waals surface area contributed by atoms with E-state index in [1.807, 2.05) is 0 Å². The number of aromatic nitrogens is 2. The van der Waals surface area contributed by atoms with E-state index in [9.17, 15) is 13.2 Å². The second-order valence-corrected chi connectivity index (χ2v) is 2.86. The van der Waals surface area contributed by atoms with Crippen molar-refractivity contribution in [1.29, 1.82) is 0 Å². The highest BCUT2D eigenvalue weighted by Crippen LogP contribution is 2.22. The van der Waals surface area contributed by atoms with Gasteiger partial charge in [0.25, 0.3) is 0 Å². The Balaban J connectivity index is 2.93. The monoisotopic (exact) mass is 243 g/mol. The van der Waals surface area contributed by atoms with Crippen LogP contribution in [0.5, 0.6) is 0 Å². The van der Waals surface area contributed by atoms with Crippen molar-refractivity contribution in [2.75, 3.05) is 0 Å². The summed E-state index contributed by atoms with van der Waals surface area (Å²) in [7, 11) is 0. The van der Waals surface area contributed by atoms with Gasteiger partial charge >= 0.3 is 6.18 Å². The summed E-state index contributed by atoms with van der Waals surface area (Å²) >= 11 is 10.2. The summed E-state index contributed by atoms with van der Waals surface area (Å²) in [6, 6.07) is 2.43. The van der Waals surface area contributed by atoms with Crippen molar-refractivity contribution in [2.45, 2.75) is 6.18 Å². The van der Waals surface area contributed by atoms with Gasteiger partial charge in [-0.1, -0.05) is 23.2 Å². The predicted molar refractivity (Wildman–Crippen MR) is 46.0 cm³/mol. The van der Waals surface area contributed by atoms with E-state index in [-0.39, 0.29) is 11.0 Å². The van der Waals surface area contributed by atoms with Crippen LogP contribution in [-0.2, 0) is 0 Å². The molecule has 0 unspecified atom stereocenters. The highest BCUT2D eigenvalue weighted by molar-refractivity contribution is 6.67. The molecular weight excluding hydrogens is 242 g/mol. The molecule has 0 aromatic carbocycles. The lowest BCUT2D eigenvalue weighted by molar-refractivity contribution is -0.0558. The molecule has 0 bridgehead atoms. The molecule has 0 radical (unpaired) electrons. The quantitative estimate of drug-likeness (QED) is 0.712. The molecule has 0 N–H and O–H groups in total. The summed E-state index contributed by atoms with van der Waals surface area (Å²) in [5.74, 6) is -0.253. The Kier molecular flexibility index (Phi) is 3.28. The lowest BCUT2D eigenvalue weighted by atomic mass is 10.5. The van der Waals surface area contributed by atoms with E-state index in [4.69, 9.17) is 23.2 Å². The third kappa shape index (κ3) is 3.12. The molecule has 76 valence electrons. The van der Waals surface area contributed by atoms with E-state index in [0.29, 0.717) is 0 Å². The summed E-state index contributed by atoms with van der Waals surface area (Å²) in [5.41, 5.74) is 0. The fourth-order valence-corrected chi connectivity index (χ4v) is 0.720. The van der Waals surface area contributed by atoms with Crippen LogP contribution in [0.1, 0.15) is 0 Å². The zero-order valence-corrected chi connectivity index (χ0v) is 7.90. The van der Waals surface area contributed by atoms with Crippen LogP contribution in [0, 0.1) is 0 Å². The largest absolute Gasteiger partial charge is 0.444 e. The van der Waals surface area contributed by atoms with Gasteiger partial charge in [0.1, 0.15) is 0 Å². The molecule has 3 nitrogen and oxygen atoms in total. The summed E-state index contributed by atoms with van der Waals surface area (Å²) in [4.78, 5) is 3.00. The fraction of sp³-hybridized carbons (Fsp3) is 0.167. The first-order valence-electron chi connectivity index (χ1n) is 3.20. The third-order valence-electron chi connectivity index (χ3n) is 1.06. The van der Waals surface area contributed by atoms with Gasteiger partial charge in [0.05, 0.1) is 0 Å². The first-order valence-corrected chi connectivity index (χ1v) is 3.96. The summed E-state index contributed by atoms with van der Waals surface area (Å²) < 4.78 is 35.6. The Morgan fingerprint density at radius 2 is 1.93 bits per heavy atom. The zero-order valence-electron chi connectivity index (χ0n) is 6.39. The second-order valence-electron chi connectivity index (χ2n) is 2.11. The Hall–Kier alpha value is -0.880. The van der Waals surface area contributed by atoms with Crippen LogP contribution in [-0.4, -0.2) is 21.5 Å². The highest BCUT2D eigenvalue weighted by Gasteiger charge is 2.34. The van der Waals surface area contributed by atoms with Gasteiger partial charge in [-0.3, -0.25) is 0 Å². The first kappa shape index (κ1) is 11.2. The van der Waals surface area contributed by atoms with Gasteiger partial charge in [0, 0.05) is 0 Å². The lowest BCUT2D eigenvalue weighted by Crippen LogP contribution is -2.16. The second kappa shape index (κ2) is 4.10. The number of halogens is 5. The van der Waals surface area contributed by atoms with Crippen LogP contribution in [0.4, 0.5) is 19.0 Å². The van der Waals surface area contributed by atoms with Gasteiger partial charge < -0.3 is 0 Å². The first-order chi connectivity index (χ1) is 6.39. The van der Waals surface area contributed by atoms with Crippen LogP contribution >= 0.6 is 23.2 Å². The molecule has 0 aliphatic heterocycles. The average molecular weight is 244 g/mol. The van der Waals surface area contributed by atoms with Crippen LogP contribution in [0.15, 0.2) is 17.1 Å². The Labute approximate surface area is 86.6 Å². The molecule has 1 aromatic rings. The lowest BCUT2D eigenvalue weighted by Gasteiger charge is -2.01. The average Bonchev–Trinajstić information content (AvgIpc) is 2.07. The van der Waals surface area contributed by atoms with E-state index in [1.165, 1.54) is 12.1 Å². The van der Waals surface area contributed by atoms with Gasteiger partial charge in [-0.2, -0.15) is 13.2 Å². The van der Waals surface area contributed by atoms with Crippen molar-refractivity contribution in [3.8, 4) is 0 Å². The standard InChI is InChI=1S/C6H2Cl2F3N3/c7-3-1-2-4(14-13-3)12-5(8)6(9,10)11/h1-2H/b12-5-. The number of aliphatic imine (C=N–C) groups is 1. The van der Waals surface area contributed by atoms with Crippen molar-refractivity contribution in [1.82, 2.24) is 10.2 Å². The topological polar surface area (TPSA) is 38.1 Å². The summed E-state index contributed by atoms with van der Waals surface area (Å²) in [5, 5.41) is 5.13. The minimum Gasteiger partial charge on any atom is -0.210 e. The molecule has 0 amide bonds. The maximum atomic E-state index is 11.9. The maximum Gasteiger partial charge on any atom is 0.444 e. The van der Waals surface area contributed by atoms with Crippen LogP contribution in [0.25, 0.3) is 0 Å². The van der Waals surface area contributed by atoms with E-state index in [1.54, 1.807) is 0 Å². The zero-order chi connectivity index (χ0) is 10.8. The van der Waals surface area contributed by atoms with Crippen molar-refractivity contribution in [3.63, 3.8) is 0 Å². The molecule has 0 aliphatic carbocycles. The number of hydrogen-bond donors (Lipinski definition) is 0. The minimum atomic E-state index is -4.68. The normalized spacial score (nSPS) is 13.1. The number of hydrogen-bond acceptors (Lipinski definition) is 3. The third-order valence-corrected chi connectivity index (χ3v) is 1.56. The molecule has 8 heteroatoms. The van der Waals surface area contributed by atoms with Gasteiger partial charge in [0.2, 0.25) is 5.17 Å². The maximum absolute atomic E-state index is 11.9. The Morgan fingerprint density at radius 3 is 2.36 bits per heavy atom. The van der Waals surface area contributed by atoms with Crippen molar-refractivity contribution >= 4 is 34.2 Å². The van der Waals surface area contributed by atoms with Gasteiger partial charge in [-0.25, -0.2) is 4.99 Å². The number of nitrogens with zero attached hydrogens (tertiary/aromatic N) is 3. The number of alkyl halides is 3. The van der Waals surface area contributed by atoms with Gasteiger partial charge in [-0.15, -0.1) is 10.2 Å². The molecule has 0 saturated carbocycles. The van der Waals surface area contributed by atoms with Crippen LogP contribution in [0.3, 0.4) is 0 Å². The molecule has 0 spiro atoms. The molecule has 1 aromatic heterocycles. The molecule has 0 aliphatic rings. The van der Waals surface area contributed by atoms with Gasteiger partial charge in [-0.05, 0) is 12.1 Å². The van der Waals surface area contributed by atoms with Crippen molar-refractivity contribution < 1.29 is 13.2 Å². The van der Waals surface area contributed by atoms with E-state index >= 15 is 0 Å². The van der Waals surface area contributed by atoms with E-state index < -0.39 is 11.3 Å². The summed E-state index contributed by atoms with van der Waals surface area (Å²) in [6.45, 7) is 0. The molecule has 0 fully saturated rings. The summed E-state index contributed by atoms with van der Waals surface area (Å²) in [6.07, 6.45) is -4.68. The molecular formula is C6H2Cl2F3N3. The minimum absolute atomic E-state index is 0.0621. The molecule has 1 heterocycles. The highest BCUT2D eigenvalue weighted by atomic mass is 35.5. The van der Waals surface area contributed by atoms with Crippen molar-refractivity contribution in [3.05, 3.63) is 17.3 Å². The molecule has 0 atom stereocenters. The fourth-order valence-electron chi connectivity index (χ4n) is 0.533.